The first kappa shape index (κ1) is 27.6. The second-order valence-electron chi connectivity index (χ2n) is 9.37. The maximum atomic E-state index is 14.4. The molecule has 9 heteroatoms. The third kappa shape index (κ3) is 6.43. The fraction of sp³-hybridized carbons (Fsp3) is 0.267. The Balaban J connectivity index is 1.44. The number of aliphatic imine (C=N–C) groups is 1. The number of hydrogen-bond donors (Lipinski definition) is 0. The number of thioether (sulfide) groups is 1. The maximum Gasteiger partial charge on any atom is 0.267 e. The van der Waals surface area contributed by atoms with Crippen molar-refractivity contribution >= 4 is 57.8 Å². The van der Waals surface area contributed by atoms with E-state index in [1.54, 1.807) is 53.4 Å². The Morgan fingerprint density at radius 3 is 2.54 bits per heavy atom. The lowest BCUT2D eigenvalue weighted by atomic mass is 9.94. The van der Waals surface area contributed by atoms with E-state index in [2.05, 4.69) is 4.99 Å². The van der Waals surface area contributed by atoms with E-state index in [0.717, 1.165) is 37.7 Å². The van der Waals surface area contributed by atoms with Crippen LogP contribution < -0.4 is 9.47 Å². The maximum absolute atomic E-state index is 14.4. The Morgan fingerprint density at radius 2 is 1.82 bits per heavy atom. The van der Waals surface area contributed by atoms with E-state index in [0.29, 0.717) is 37.2 Å². The average Bonchev–Trinajstić information content (AvgIpc) is 3.24. The second kappa shape index (κ2) is 12.5. The average molecular weight is 586 g/mol. The highest BCUT2D eigenvalue weighted by Crippen LogP contribution is 2.41. The van der Waals surface area contributed by atoms with Gasteiger partial charge in [0.1, 0.15) is 18.1 Å². The number of ether oxygens (including phenoxy) is 2. The molecule has 1 amide bonds. The minimum absolute atomic E-state index is 0.0388. The monoisotopic (exact) mass is 584 g/mol. The number of rotatable bonds is 7. The number of halogens is 3. The number of carbonyl (C=O) groups excluding carboxylic acids is 1. The molecule has 3 aromatic carbocycles. The smallest absolute Gasteiger partial charge is 0.267 e. The summed E-state index contributed by atoms with van der Waals surface area (Å²) < 4.78 is 26.0. The highest BCUT2D eigenvalue weighted by atomic mass is 35.5. The Kier molecular flexibility index (Phi) is 8.80. The molecule has 0 radical (unpaired) electrons. The third-order valence-corrected chi connectivity index (χ3v) is 8.21. The molecule has 39 heavy (non-hydrogen) atoms. The van der Waals surface area contributed by atoms with Crippen LogP contribution in [0.15, 0.2) is 70.6 Å². The van der Waals surface area contributed by atoms with Gasteiger partial charge in [-0.3, -0.25) is 9.69 Å². The van der Waals surface area contributed by atoms with Gasteiger partial charge in [-0.2, -0.15) is 0 Å². The molecule has 1 saturated carbocycles. The van der Waals surface area contributed by atoms with Crippen LogP contribution in [0.2, 0.25) is 10.0 Å². The van der Waals surface area contributed by atoms with Gasteiger partial charge < -0.3 is 9.47 Å². The molecule has 1 heterocycles. The lowest BCUT2D eigenvalue weighted by Crippen LogP contribution is -2.40. The first-order chi connectivity index (χ1) is 18.9. The van der Waals surface area contributed by atoms with Gasteiger partial charge in [-0.25, -0.2) is 9.38 Å². The molecule has 0 spiro atoms. The summed E-state index contributed by atoms with van der Waals surface area (Å²) >= 11 is 13.8. The number of hydrogen-bond acceptors (Lipinski definition) is 5. The Morgan fingerprint density at radius 1 is 1.08 bits per heavy atom. The molecule has 0 bridgehead atoms. The first-order valence-electron chi connectivity index (χ1n) is 12.7. The minimum atomic E-state index is -0.426. The van der Waals surface area contributed by atoms with Crippen molar-refractivity contribution in [2.45, 2.75) is 44.8 Å². The van der Waals surface area contributed by atoms with Gasteiger partial charge in [-0.15, -0.1) is 0 Å². The first-order valence-corrected chi connectivity index (χ1v) is 14.3. The minimum Gasteiger partial charge on any atom is -0.493 e. The van der Waals surface area contributed by atoms with Gasteiger partial charge in [0, 0.05) is 11.1 Å². The van der Waals surface area contributed by atoms with Crippen molar-refractivity contribution in [2.75, 3.05) is 7.11 Å². The summed E-state index contributed by atoms with van der Waals surface area (Å²) in [5, 5.41) is 1.49. The molecule has 202 valence electrons. The van der Waals surface area contributed by atoms with Gasteiger partial charge in [-0.05, 0) is 78.2 Å². The quantitative estimate of drug-likeness (QED) is 0.261. The molecule has 3 aromatic rings. The summed E-state index contributed by atoms with van der Waals surface area (Å²) in [7, 11) is 1.54. The predicted octanol–water partition coefficient (Wildman–Crippen LogP) is 8.66. The molecular weight excluding hydrogens is 558 g/mol. The molecule has 1 aliphatic heterocycles. The molecule has 0 unspecified atom stereocenters. The van der Waals surface area contributed by atoms with Crippen LogP contribution in [0, 0.1) is 5.82 Å². The van der Waals surface area contributed by atoms with Gasteiger partial charge >= 0.3 is 0 Å². The Bertz CT molecular complexity index is 1420. The van der Waals surface area contributed by atoms with Gasteiger partial charge in [0.15, 0.2) is 16.7 Å². The molecule has 2 aliphatic rings. The Hall–Kier alpha value is -3.00. The molecule has 2 fully saturated rings. The lowest BCUT2D eigenvalue weighted by molar-refractivity contribution is -0.124. The van der Waals surface area contributed by atoms with Crippen molar-refractivity contribution in [1.82, 2.24) is 4.90 Å². The van der Waals surface area contributed by atoms with Crippen LogP contribution in [0.4, 0.5) is 10.1 Å². The molecule has 1 saturated heterocycles. The largest absolute Gasteiger partial charge is 0.493 e. The number of methoxy groups -OCH3 is 1. The van der Waals surface area contributed by atoms with Crippen LogP contribution in [0.1, 0.15) is 43.2 Å². The summed E-state index contributed by atoms with van der Waals surface area (Å²) in [6.45, 7) is 0.286. The van der Waals surface area contributed by atoms with Crippen molar-refractivity contribution in [3.8, 4) is 11.5 Å². The summed E-state index contributed by atoms with van der Waals surface area (Å²) in [4.78, 5) is 20.4. The molecule has 0 N–H and O–H groups in total. The topological polar surface area (TPSA) is 51.1 Å². The van der Waals surface area contributed by atoms with E-state index in [-0.39, 0.29) is 24.2 Å². The standard InChI is InChI=1S/C30H27Cl2FN2O3S/c1-37-26-16-20(15-23(32)28(26)38-18-19-11-13-21(31)14-12-19)17-27-29(36)35(22-7-3-2-4-8-22)30(39-27)34-25-10-6-5-9-24(25)33/h5-6,9-17,22H,2-4,7-8,18H2,1H3/b27-17-,34-30?. The van der Waals surface area contributed by atoms with Gasteiger partial charge in [-0.1, -0.05) is 66.7 Å². The molecule has 5 rings (SSSR count). The van der Waals surface area contributed by atoms with Gasteiger partial charge in [0.2, 0.25) is 0 Å². The summed E-state index contributed by atoms with van der Waals surface area (Å²) in [6, 6.07) is 17.2. The van der Waals surface area contributed by atoms with Crippen LogP contribution in [0.5, 0.6) is 11.5 Å². The lowest BCUT2D eigenvalue weighted by Gasteiger charge is -2.30. The highest BCUT2D eigenvalue weighted by molar-refractivity contribution is 8.18. The number of amidine groups is 1. The van der Waals surface area contributed by atoms with E-state index in [4.69, 9.17) is 32.7 Å². The SMILES string of the molecule is COc1cc(/C=C2\SC(=Nc3ccccc3F)N(C3CCCCC3)C2=O)cc(Cl)c1OCc1ccc(Cl)cc1. The number of carbonyl (C=O) groups is 1. The number of amides is 1. The van der Waals surface area contributed by atoms with Crippen LogP contribution in [0.25, 0.3) is 6.08 Å². The zero-order valence-electron chi connectivity index (χ0n) is 21.3. The molecular formula is C30H27Cl2FN2O3S. The second-order valence-corrected chi connectivity index (χ2v) is 11.2. The normalized spacial score (nSPS) is 18.3. The summed E-state index contributed by atoms with van der Waals surface area (Å²) in [5.41, 5.74) is 1.82. The Labute approximate surface area is 241 Å². The van der Waals surface area contributed by atoms with E-state index in [9.17, 15) is 9.18 Å². The van der Waals surface area contributed by atoms with E-state index in [1.165, 1.54) is 24.9 Å². The molecule has 1 aliphatic carbocycles. The zero-order chi connectivity index (χ0) is 27.4. The number of benzene rings is 3. The highest BCUT2D eigenvalue weighted by Gasteiger charge is 2.39. The summed E-state index contributed by atoms with van der Waals surface area (Å²) in [6.07, 6.45) is 6.82. The molecule has 5 nitrogen and oxygen atoms in total. The van der Waals surface area contributed by atoms with Crippen LogP contribution in [0.3, 0.4) is 0 Å². The molecule has 0 atom stereocenters. The van der Waals surface area contributed by atoms with Crippen molar-refractivity contribution < 1.29 is 18.7 Å². The van der Waals surface area contributed by atoms with E-state index < -0.39 is 5.82 Å². The van der Waals surface area contributed by atoms with Crippen LogP contribution >= 0.6 is 35.0 Å². The van der Waals surface area contributed by atoms with Crippen LogP contribution in [-0.4, -0.2) is 29.1 Å². The predicted molar refractivity (Wildman–Crippen MR) is 157 cm³/mol. The van der Waals surface area contributed by atoms with Crippen molar-refractivity contribution in [1.29, 1.82) is 0 Å². The number of para-hydroxylation sites is 1. The van der Waals surface area contributed by atoms with Crippen molar-refractivity contribution in [3.63, 3.8) is 0 Å². The fourth-order valence-electron chi connectivity index (χ4n) is 4.72. The number of nitrogens with zero attached hydrogens (tertiary/aromatic N) is 2. The summed E-state index contributed by atoms with van der Waals surface area (Å²) in [5.74, 6) is 0.292. The third-order valence-electron chi connectivity index (χ3n) is 6.69. The zero-order valence-corrected chi connectivity index (χ0v) is 23.7. The van der Waals surface area contributed by atoms with Crippen molar-refractivity contribution in [3.05, 3.63) is 92.6 Å². The van der Waals surface area contributed by atoms with Crippen molar-refractivity contribution in [2.24, 2.45) is 4.99 Å². The van der Waals surface area contributed by atoms with Gasteiger partial charge in [0.25, 0.3) is 5.91 Å². The van der Waals surface area contributed by atoms with E-state index in [1.807, 2.05) is 12.1 Å². The fourth-order valence-corrected chi connectivity index (χ4v) is 6.17. The molecule has 0 aromatic heterocycles. The van der Waals surface area contributed by atoms with Gasteiger partial charge in [0.05, 0.1) is 17.0 Å². The van der Waals surface area contributed by atoms with E-state index >= 15 is 0 Å². The van der Waals surface area contributed by atoms with Crippen LogP contribution in [-0.2, 0) is 11.4 Å².